The van der Waals surface area contributed by atoms with Crippen molar-refractivity contribution in [2.24, 2.45) is 7.05 Å². The van der Waals surface area contributed by atoms with Crippen molar-refractivity contribution < 1.29 is 4.79 Å². The van der Waals surface area contributed by atoms with Crippen molar-refractivity contribution in [3.63, 3.8) is 0 Å². The number of carbonyl (C=O) groups is 1. The molecule has 0 aromatic carbocycles. The van der Waals surface area contributed by atoms with Crippen molar-refractivity contribution >= 4 is 17.5 Å². The van der Waals surface area contributed by atoms with Crippen LogP contribution in [0.3, 0.4) is 0 Å². The number of aromatic nitrogens is 5. The second-order valence-corrected chi connectivity index (χ2v) is 5.96. The predicted octanol–water partition coefficient (Wildman–Crippen LogP) is 0.00200. The first-order chi connectivity index (χ1) is 12.0. The van der Waals surface area contributed by atoms with E-state index in [-0.39, 0.29) is 24.6 Å². The van der Waals surface area contributed by atoms with Crippen LogP contribution in [0.1, 0.15) is 12.1 Å². The maximum atomic E-state index is 12.1. The van der Waals surface area contributed by atoms with Gasteiger partial charge >= 0.3 is 5.69 Å². The maximum Gasteiger partial charge on any atom is 0.350 e. The lowest BCUT2D eigenvalue weighted by Crippen LogP contribution is -2.28. The van der Waals surface area contributed by atoms with Crippen molar-refractivity contribution in [1.29, 1.82) is 0 Å². The van der Waals surface area contributed by atoms with Gasteiger partial charge in [-0.15, -0.1) is 5.10 Å². The van der Waals surface area contributed by atoms with Gasteiger partial charge in [-0.2, -0.15) is 0 Å². The van der Waals surface area contributed by atoms with E-state index in [0.29, 0.717) is 12.2 Å². The average molecular weight is 343 g/mol. The molecule has 0 unspecified atom stereocenters. The average Bonchev–Trinajstić information content (AvgIpc) is 3.12. The molecule has 0 fully saturated rings. The fourth-order valence-electron chi connectivity index (χ4n) is 2.61. The van der Waals surface area contributed by atoms with Crippen LogP contribution in [0.4, 0.5) is 5.95 Å². The van der Waals surface area contributed by atoms with E-state index in [9.17, 15) is 9.59 Å². The van der Waals surface area contributed by atoms with Crippen molar-refractivity contribution in [1.82, 2.24) is 29.0 Å². The molecule has 3 aromatic heterocycles. The van der Waals surface area contributed by atoms with Crippen LogP contribution in [0.15, 0.2) is 35.4 Å². The maximum absolute atomic E-state index is 12.1. The van der Waals surface area contributed by atoms with E-state index in [1.165, 1.54) is 9.08 Å². The summed E-state index contributed by atoms with van der Waals surface area (Å²) in [5.74, 6) is 0.678. The third-order valence-electron chi connectivity index (χ3n) is 3.97. The molecular formula is C16H21N7O2. The van der Waals surface area contributed by atoms with Crippen LogP contribution in [0.25, 0.3) is 5.65 Å². The van der Waals surface area contributed by atoms with Crippen molar-refractivity contribution in [2.45, 2.75) is 19.5 Å². The number of pyridine rings is 1. The van der Waals surface area contributed by atoms with Gasteiger partial charge in [0, 0.05) is 33.8 Å². The van der Waals surface area contributed by atoms with Crippen molar-refractivity contribution in [2.75, 3.05) is 19.0 Å². The highest BCUT2D eigenvalue weighted by Crippen LogP contribution is 2.10. The number of rotatable bonds is 6. The van der Waals surface area contributed by atoms with Gasteiger partial charge in [-0.25, -0.2) is 14.5 Å². The highest BCUT2D eigenvalue weighted by atomic mass is 16.2. The normalized spacial score (nSPS) is 11.0. The molecule has 3 aromatic rings. The van der Waals surface area contributed by atoms with Crippen LogP contribution in [0, 0.1) is 0 Å². The summed E-state index contributed by atoms with van der Waals surface area (Å²) in [5, 5.41) is 7.05. The third kappa shape index (κ3) is 3.39. The summed E-state index contributed by atoms with van der Waals surface area (Å²) in [5.41, 5.74) is 1.23. The zero-order valence-corrected chi connectivity index (χ0v) is 14.5. The van der Waals surface area contributed by atoms with Crippen LogP contribution in [-0.2, 0) is 24.9 Å². The van der Waals surface area contributed by atoms with E-state index in [2.05, 4.69) is 15.4 Å². The van der Waals surface area contributed by atoms with Gasteiger partial charge in [-0.1, -0.05) is 6.07 Å². The SMILES string of the molecule is CN(C)c1ncc(CNC(=O)CCn2nc3ccccn3c2=O)n1C. The molecule has 132 valence electrons. The Bertz CT molecular complexity index is 951. The van der Waals surface area contributed by atoms with E-state index < -0.39 is 0 Å². The van der Waals surface area contributed by atoms with Crippen molar-refractivity contribution in [3.8, 4) is 0 Å². The Morgan fingerprint density at radius 2 is 2.12 bits per heavy atom. The largest absolute Gasteiger partial charge is 0.350 e. The molecule has 9 nitrogen and oxygen atoms in total. The Morgan fingerprint density at radius 1 is 1.32 bits per heavy atom. The summed E-state index contributed by atoms with van der Waals surface area (Å²) in [4.78, 5) is 30.4. The second kappa shape index (κ2) is 6.80. The summed E-state index contributed by atoms with van der Waals surface area (Å²) in [6.45, 7) is 0.622. The van der Waals surface area contributed by atoms with Crippen LogP contribution >= 0.6 is 0 Å². The standard InChI is InChI=1S/C16H21N7O2/c1-20(2)15-18-11-12(21(15)3)10-17-14(24)7-9-23-16(25)22-8-5-4-6-13(22)19-23/h4-6,8,11H,7,9-10H2,1-3H3,(H,17,24). The number of nitrogens with zero attached hydrogens (tertiary/aromatic N) is 6. The Kier molecular flexibility index (Phi) is 4.55. The Morgan fingerprint density at radius 3 is 2.80 bits per heavy atom. The topological polar surface area (TPSA) is 89.5 Å². The molecule has 1 N–H and O–H groups in total. The van der Waals surface area contributed by atoms with Crippen molar-refractivity contribution in [3.05, 3.63) is 46.8 Å². The molecule has 0 radical (unpaired) electrons. The van der Waals surface area contributed by atoms with Crippen LogP contribution < -0.4 is 15.9 Å². The molecule has 0 bridgehead atoms. The summed E-state index contributed by atoms with van der Waals surface area (Å²) < 4.78 is 4.69. The lowest BCUT2D eigenvalue weighted by Gasteiger charge is -2.12. The third-order valence-corrected chi connectivity index (χ3v) is 3.97. The minimum atomic E-state index is -0.245. The predicted molar refractivity (Wildman–Crippen MR) is 93.5 cm³/mol. The molecule has 0 aliphatic heterocycles. The fourth-order valence-corrected chi connectivity index (χ4v) is 2.61. The fraction of sp³-hybridized carbons (Fsp3) is 0.375. The van der Waals surface area contributed by atoms with Gasteiger partial charge in [0.25, 0.3) is 0 Å². The number of amides is 1. The molecule has 0 aliphatic carbocycles. The molecule has 0 saturated carbocycles. The first kappa shape index (κ1) is 16.7. The summed E-state index contributed by atoms with van der Waals surface area (Å²) in [6.07, 6.45) is 3.58. The molecule has 0 saturated heterocycles. The van der Waals surface area contributed by atoms with Gasteiger partial charge in [0.05, 0.1) is 25.0 Å². The number of anilines is 1. The van der Waals surface area contributed by atoms with E-state index in [0.717, 1.165) is 11.6 Å². The summed E-state index contributed by atoms with van der Waals surface area (Å²) in [6, 6.07) is 5.33. The molecule has 9 heteroatoms. The van der Waals surface area contributed by atoms with E-state index in [1.54, 1.807) is 24.5 Å². The zero-order chi connectivity index (χ0) is 18.0. The number of hydrogen-bond donors (Lipinski definition) is 1. The van der Waals surface area contributed by atoms with Gasteiger partial charge in [0.15, 0.2) is 5.65 Å². The number of imidazole rings is 1. The van der Waals surface area contributed by atoms with Gasteiger partial charge in [-0.05, 0) is 12.1 Å². The lowest BCUT2D eigenvalue weighted by molar-refractivity contribution is -0.121. The lowest BCUT2D eigenvalue weighted by atomic mass is 10.3. The summed E-state index contributed by atoms with van der Waals surface area (Å²) in [7, 11) is 5.73. The second-order valence-electron chi connectivity index (χ2n) is 5.96. The molecule has 0 atom stereocenters. The van der Waals surface area contributed by atoms with Gasteiger partial charge < -0.3 is 14.8 Å². The molecule has 0 aliphatic rings. The number of aryl methyl sites for hydroxylation is 1. The molecule has 3 rings (SSSR count). The molecular weight excluding hydrogens is 322 g/mol. The van der Waals surface area contributed by atoms with E-state index in [4.69, 9.17) is 0 Å². The van der Waals surface area contributed by atoms with E-state index in [1.807, 2.05) is 36.7 Å². The molecule has 0 spiro atoms. The quantitative estimate of drug-likeness (QED) is 0.681. The number of fused-ring (bicyclic) bond motifs is 1. The van der Waals surface area contributed by atoms with E-state index >= 15 is 0 Å². The van der Waals surface area contributed by atoms with Gasteiger partial charge in [-0.3, -0.25) is 9.20 Å². The monoisotopic (exact) mass is 343 g/mol. The Balaban J connectivity index is 1.58. The highest BCUT2D eigenvalue weighted by molar-refractivity contribution is 5.75. The van der Waals surface area contributed by atoms with Crippen LogP contribution in [-0.4, -0.2) is 43.7 Å². The van der Waals surface area contributed by atoms with Crippen LogP contribution in [0.2, 0.25) is 0 Å². The summed E-state index contributed by atoms with van der Waals surface area (Å²) >= 11 is 0. The smallest absolute Gasteiger partial charge is 0.350 e. The molecule has 1 amide bonds. The Hall–Kier alpha value is -3.10. The number of nitrogens with one attached hydrogen (secondary N) is 1. The molecule has 25 heavy (non-hydrogen) atoms. The molecule has 3 heterocycles. The van der Waals surface area contributed by atoms with Gasteiger partial charge in [0.2, 0.25) is 11.9 Å². The first-order valence-corrected chi connectivity index (χ1v) is 7.96. The zero-order valence-electron chi connectivity index (χ0n) is 14.5. The highest BCUT2D eigenvalue weighted by Gasteiger charge is 2.11. The first-order valence-electron chi connectivity index (χ1n) is 7.96. The van der Waals surface area contributed by atoms with Gasteiger partial charge in [0.1, 0.15) is 0 Å². The number of carbonyl (C=O) groups excluding carboxylic acids is 1. The van der Waals surface area contributed by atoms with Crippen LogP contribution in [0.5, 0.6) is 0 Å². The Labute approximate surface area is 144 Å². The minimum absolute atomic E-state index is 0.142. The minimum Gasteiger partial charge on any atom is -0.350 e. The number of hydrogen-bond acceptors (Lipinski definition) is 5.